The normalized spacial score (nSPS) is 7.80. The van der Waals surface area contributed by atoms with Crippen LogP contribution in [-0.4, -0.2) is 7.05 Å². The molecule has 0 heterocycles. The molecule has 0 aliphatic rings. The lowest BCUT2D eigenvalue weighted by Gasteiger charge is -1.79. The quantitative estimate of drug-likeness (QED) is 0.536. The molecule has 0 saturated heterocycles. The SMILES string of the molecule is C=c1ccccc1=C.CN. The molecule has 0 amide bonds. The minimum atomic E-state index is 1.01. The largest absolute Gasteiger partial charge is 0.333 e. The Morgan fingerprint density at radius 2 is 1.30 bits per heavy atom. The van der Waals surface area contributed by atoms with Crippen molar-refractivity contribution in [2.45, 2.75) is 0 Å². The topological polar surface area (TPSA) is 26.0 Å². The minimum absolute atomic E-state index is 1.01. The van der Waals surface area contributed by atoms with Crippen molar-refractivity contribution < 1.29 is 0 Å². The second-order valence-corrected chi connectivity index (χ2v) is 1.77. The molecule has 54 valence electrons. The number of nitrogens with two attached hydrogens (primary N) is 1. The molecule has 0 bridgehead atoms. The summed E-state index contributed by atoms with van der Waals surface area (Å²) in [6, 6.07) is 7.80. The maximum Gasteiger partial charge on any atom is -0.0195 e. The zero-order chi connectivity index (χ0) is 7.98. The van der Waals surface area contributed by atoms with Gasteiger partial charge in [-0.3, -0.25) is 0 Å². The Hall–Kier alpha value is -1.08. The van der Waals surface area contributed by atoms with E-state index in [4.69, 9.17) is 0 Å². The van der Waals surface area contributed by atoms with Gasteiger partial charge in [-0.1, -0.05) is 37.4 Å². The highest BCUT2D eigenvalue weighted by Gasteiger charge is 1.71. The van der Waals surface area contributed by atoms with Crippen LogP contribution in [0.5, 0.6) is 0 Å². The third-order valence-electron chi connectivity index (χ3n) is 1.12. The third kappa shape index (κ3) is 2.46. The Morgan fingerprint density at radius 3 is 1.50 bits per heavy atom. The van der Waals surface area contributed by atoms with Crippen LogP contribution >= 0.6 is 0 Å². The lowest BCUT2D eigenvalue weighted by atomic mass is 10.3. The standard InChI is InChI=1S/C8H8.CH5N/c1-7-5-3-4-6-8(7)2;1-2/h3-6H,1-2H2;2H2,1H3. The maximum absolute atomic E-state index is 4.50. The number of hydrogen-bond donors (Lipinski definition) is 1. The second kappa shape index (κ2) is 4.77. The molecule has 0 aromatic heterocycles. The van der Waals surface area contributed by atoms with Gasteiger partial charge in [0.05, 0.1) is 0 Å². The summed E-state index contributed by atoms with van der Waals surface area (Å²) < 4.78 is 0. The number of benzene rings is 1. The fourth-order valence-corrected chi connectivity index (χ4v) is 0.557. The van der Waals surface area contributed by atoms with Crippen LogP contribution in [-0.2, 0) is 0 Å². The number of hydrogen-bond acceptors (Lipinski definition) is 1. The molecule has 2 N–H and O–H groups in total. The molecule has 0 aliphatic heterocycles. The molecular formula is C9H13N. The van der Waals surface area contributed by atoms with E-state index in [1.165, 1.54) is 7.05 Å². The molecule has 0 aliphatic carbocycles. The predicted molar refractivity (Wildman–Crippen MR) is 46.8 cm³/mol. The van der Waals surface area contributed by atoms with Crippen molar-refractivity contribution in [3.8, 4) is 0 Å². The molecule has 1 nitrogen and oxygen atoms in total. The van der Waals surface area contributed by atoms with Crippen molar-refractivity contribution in [3.63, 3.8) is 0 Å². The van der Waals surface area contributed by atoms with Gasteiger partial charge in [-0.25, -0.2) is 0 Å². The van der Waals surface area contributed by atoms with Crippen LogP contribution in [0.2, 0.25) is 0 Å². The summed E-state index contributed by atoms with van der Waals surface area (Å²) in [7, 11) is 1.50. The molecular weight excluding hydrogens is 122 g/mol. The predicted octanol–water partition coefficient (Wildman–Crippen LogP) is 0.0821. The van der Waals surface area contributed by atoms with Crippen LogP contribution in [0.15, 0.2) is 24.3 Å². The van der Waals surface area contributed by atoms with Gasteiger partial charge in [0.25, 0.3) is 0 Å². The summed E-state index contributed by atoms with van der Waals surface area (Å²) in [5.41, 5.74) is 4.50. The van der Waals surface area contributed by atoms with Crippen LogP contribution in [0.4, 0.5) is 0 Å². The summed E-state index contributed by atoms with van der Waals surface area (Å²) in [4.78, 5) is 0. The van der Waals surface area contributed by atoms with E-state index in [1.807, 2.05) is 24.3 Å². The zero-order valence-corrected chi connectivity index (χ0v) is 6.30. The molecule has 10 heavy (non-hydrogen) atoms. The second-order valence-electron chi connectivity index (χ2n) is 1.77. The Balaban J connectivity index is 0.000000371. The Kier molecular flexibility index (Phi) is 4.25. The molecule has 1 aromatic rings. The smallest absolute Gasteiger partial charge is 0.0195 e. The van der Waals surface area contributed by atoms with Gasteiger partial charge < -0.3 is 5.73 Å². The van der Waals surface area contributed by atoms with Gasteiger partial charge in [-0.2, -0.15) is 0 Å². The number of rotatable bonds is 0. The Labute approximate surface area is 61.5 Å². The summed E-state index contributed by atoms with van der Waals surface area (Å²) in [5.74, 6) is 0. The molecule has 0 spiro atoms. The van der Waals surface area contributed by atoms with Crippen molar-refractivity contribution in [1.82, 2.24) is 0 Å². The highest BCUT2D eigenvalue weighted by Crippen LogP contribution is 1.66. The summed E-state index contributed by atoms with van der Waals surface area (Å²) in [5, 5.41) is 2.01. The first-order chi connectivity index (χ1) is 4.80. The van der Waals surface area contributed by atoms with E-state index in [0.717, 1.165) is 10.4 Å². The van der Waals surface area contributed by atoms with Crippen LogP contribution in [0.1, 0.15) is 0 Å². The van der Waals surface area contributed by atoms with E-state index in [0.29, 0.717) is 0 Å². The van der Waals surface area contributed by atoms with Gasteiger partial charge in [0.1, 0.15) is 0 Å². The first kappa shape index (κ1) is 8.92. The average molecular weight is 135 g/mol. The van der Waals surface area contributed by atoms with Gasteiger partial charge in [0, 0.05) is 0 Å². The summed E-state index contributed by atoms with van der Waals surface area (Å²) in [6.45, 7) is 7.52. The first-order valence-corrected chi connectivity index (χ1v) is 3.11. The highest BCUT2D eigenvalue weighted by atomic mass is 14.4. The van der Waals surface area contributed by atoms with Crippen molar-refractivity contribution in [2.75, 3.05) is 7.05 Å². The molecule has 0 radical (unpaired) electrons. The van der Waals surface area contributed by atoms with Crippen LogP contribution < -0.4 is 16.2 Å². The Bertz CT molecular complexity index is 235. The molecule has 0 saturated carbocycles. The molecule has 1 aromatic carbocycles. The van der Waals surface area contributed by atoms with Crippen molar-refractivity contribution in [3.05, 3.63) is 34.7 Å². The maximum atomic E-state index is 4.50. The zero-order valence-electron chi connectivity index (χ0n) is 6.30. The fraction of sp³-hybridized carbons (Fsp3) is 0.111. The third-order valence-corrected chi connectivity index (χ3v) is 1.12. The van der Waals surface area contributed by atoms with E-state index < -0.39 is 0 Å². The van der Waals surface area contributed by atoms with E-state index in [2.05, 4.69) is 18.9 Å². The van der Waals surface area contributed by atoms with Crippen molar-refractivity contribution in [2.24, 2.45) is 5.73 Å². The van der Waals surface area contributed by atoms with Crippen LogP contribution in [0.25, 0.3) is 13.2 Å². The molecule has 1 rings (SSSR count). The van der Waals surface area contributed by atoms with Gasteiger partial charge in [-0.15, -0.1) is 0 Å². The first-order valence-electron chi connectivity index (χ1n) is 3.11. The molecule has 0 unspecified atom stereocenters. The van der Waals surface area contributed by atoms with Gasteiger partial charge in [0.15, 0.2) is 0 Å². The highest BCUT2D eigenvalue weighted by molar-refractivity contribution is 5.15. The van der Waals surface area contributed by atoms with Gasteiger partial charge in [0.2, 0.25) is 0 Å². The lowest BCUT2D eigenvalue weighted by Crippen LogP contribution is -2.19. The molecule has 0 fully saturated rings. The van der Waals surface area contributed by atoms with E-state index in [1.54, 1.807) is 0 Å². The van der Waals surface area contributed by atoms with Crippen LogP contribution in [0, 0.1) is 0 Å². The van der Waals surface area contributed by atoms with E-state index in [-0.39, 0.29) is 0 Å². The van der Waals surface area contributed by atoms with E-state index >= 15 is 0 Å². The summed E-state index contributed by atoms with van der Waals surface area (Å²) >= 11 is 0. The van der Waals surface area contributed by atoms with Crippen LogP contribution in [0.3, 0.4) is 0 Å². The molecule has 0 atom stereocenters. The van der Waals surface area contributed by atoms with Crippen molar-refractivity contribution in [1.29, 1.82) is 0 Å². The molecule has 1 heteroatoms. The van der Waals surface area contributed by atoms with Gasteiger partial charge in [-0.05, 0) is 17.5 Å². The minimum Gasteiger partial charge on any atom is -0.333 e. The lowest BCUT2D eigenvalue weighted by molar-refractivity contribution is 1.48. The monoisotopic (exact) mass is 135 g/mol. The fourth-order valence-electron chi connectivity index (χ4n) is 0.557. The Morgan fingerprint density at radius 1 is 1.00 bits per heavy atom. The van der Waals surface area contributed by atoms with Gasteiger partial charge >= 0.3 is 0 Å². The van der Waals surface area contributed by atoms with Crippen molar-refractivity contribution >= 4 is 13.2 Å². The average Bonchev–Trinajstić information content (AvgIpc) is 2.00. The summed E-state index contributed by atoms with van der Waals surface area (Å²) in [6.07, 6.45) is 0. The van der Waals surface area contributed by atoms with E-state index in [9.17, 15) is 0 Å².